The van der Waals surface area contributed by atoms with Crippen LogP contribution in [0.3, 0.4) is 0 Å². The highest BCUT2D eigenvalue weighted by atomic mass is 32.3. The molecule has 7 N–H and O–H groups in total. The summed E-state index contributed by atoms with van der Waals surface area (Å²) in [6, 6.07) is 0.552. The molecule has 9 nitrogen and oxygen atoms in total. The molecule has 0 amide bonds. The predicted molar refractivity (Wildman–Crippen MR) is 180 cm³/mol. The number of rotatable bonds is 17. The first kappa shape index (κ1) is 37.5. The van der Waals surface area contributed by atoms with Gasteiger partial charge in [0.25, 0.3) is 0 Å². The first-order valence-electron chi connectivity index (χ1n) is 18.3. The van der Waals surface area contributed by atoms with E-state index in [-0.39, 0.29) is 17.4 Å². The molecule has 0 aromatic rings. The molecule has 5 unspecified atom stereocenters. The van der Waals surface area contributed by atoms with E-state index in [9.17, 15) is 23.2 Å². The Morgan fingerprint density at radius 1 is 0.956 bits per heavy atom. The van der Waals surface area contributed by atoms with Crippen molar-refractivity contribution in [3.8, 4) is 0 Å². The summed E-state index contributed by atoms with van der Waals surface area (Å²) in [6.45, 7) is 14.4. The number of nitrogens with one attached hydrogen (secondary N) is 2. The fraction of sp³-hybridized carbons (Fsp3) is 1.00. The molecule has 11 atom stereocenters. The summed E-state index contributed by atoms with van der Waals surface area (Å²) >= 11 is 0. The van der Waals surface area contributed by atoms with Crippen LogP contribution in [0.5, 0.6) is 0 Å². The van der Waals surface area contributed by atoms with E-state index in [0.29, 0.717) is 53.4 Å². The minimum atomic E-state index is -4.68. The summed E-state index contributed by atoms with van der Waals surface area (Å²) in [6.07, 6.45) is 13.4. The summed E-state index contributed by atoms with van der Waals surface area (Å²) in [4.78, 5) is 0. The van der Waals surface area contributed by atoms with Crippen molar-refractivity contribution < 1.29 is 27.4 Å². The normalized spacial score (nSPS) is 38.8. The summed E-state index contributed by atoms with van der Waals surface area (Å²) < 4.78 is 37.9. The summed E-state index contributed by atoms with van der Waals surface area (Å²) in [5.74, 6) is 2.52. The van der Waals surface area contributed by atoms with Crippen LogP contribution >= 0.6 is 0 Å². The lowest BCUT2D eigenvalue weighted by Gasteiger charge is -2.62. The highest BCUT2D eigenvalue weighted by Gasteiger charge is 2.63. The Bertz CT molecular complexity index is 1050. The van der Waals surface area contributed by atoms with Gasteiger partial charge in [-0.3, -0.25) is 4.55 Å². The quantitative estimate of drug-likeness (QED) is 0.0946. The van der Waals surface area contributed by atoms with Crippen LogP contribution in [-0.2, 0) is 14.6 Å². The van der Waals surface area contributed by atoms with Gasteiger partial charge in [-0.2, -0.15) is 8.42 Å². The number of unbranched alkanes of at least 4 members (excludes halogenated alkanes) is 1. The number of hydrogen-bond donors (Lipinski definition) is 6. The van der Waals surface area contributed by atoms with Crippen LogP contribution in [-0.4, -0.2) is 73.7 Å². The van der Waals surface area contributed by atoms with Gasteiger partial charge in [-0.05, 0) is 162 Å². The van der Waals surface area contributed by atoms with Crippen molar-refractivity contribution in [3.63, 3.8) is 0 Å². The average molecular weight is 658 g/mol. The molecule has 0 bridgehead atoms. The molecule has 0 aromatic carbocycles. The molecule has 0 aliphatic heterocycles. The zero-order chi connectivity index (χ0) is 33.0. The zero-order valence-electron chi connectivity index (χ0n) is 29.0. The monoisotopic (exact) mass is 657 g/mol. The van der Waals surface area contributed by atoms with Gasteiger partial charge in [-0.25, -0.2) is 4.18 Å². The molecular weight excluding hydrogens is 590 g/mol. The van der Waals surface area contributed by atoms with Crippen molar-refractivity contribution >= 4 is 10.4 Å². The Morgan fingerprint density at radius 2 is 1.64 bits per heavy atom. The van der Waals surface area contributed by atoms with Crippen LogP contribution in [0.2, 0.25) is 0 Å². The number of nitrogens with two attached hydrogens (primary N) is 1. The standard InChI is InChI=1S/C35H67N3O6S/c1-24(2)35(23-39,44-45(41,42)43)16-11-25(3)28-9-10-29-32-30(13-15-34(28,29)5)33(4)14-12-27(21-26(33)22-31(32)40)38-20-8-19-37-18-7-6-17-36/h24-32,37-40H,6-23,36H2,1-5H3,(H,41,42,43)/t25?,26-,27+,28-,29?,30?,31-,32?,33+,34-,35?/m1/s1. The van der Waals surface area contributed by atoms with Crippen molar-refractivity contribution in [2.24, 2.45) is 58.0 Å². The van der Waals surface area contributed by atoms with E-state index < -0.39 is 22.6 Å². The molecule has 0 spiro atoms. The Morgan fingerprint density at radius 3 is 2.31 bits per heavy atom. The third kappa shape index (κ3) is 8.28. The van der Waals surface area contributed by atoms with Crippen molar-refractivity contribution in [3.05, 3.63) is 0 Å². The smallest absolute Gasteiger partial charge is 0.393 e. The number of hydrogen-bond acceptors (Lipinski definition) is 8. The molecule has 264 valence electrons. The third-order valence-corrected chi connectivity index (χ3v) is 14.4. The highest BCUT2D eigenvalue weighted by molar-refractivity contribution is 7.80. The second kappa shape index (κ2) is 15.5. The summed E-state index contributed by atoms with van der Waals surface area (Å²) in [5.41, 5.74) is 4.70. The molecule has 4 fully saturated rings. The van der Waals surface area contributed by atoms with Crippen LogP contribution in [0.25, 0.3) is 0 Å². The van der Waals surface area contributed by atoms with Crippen molar-refractivity contribution in [2.45, 2.75) is 136 Å². The summed E-state index contributed by atoms with van der Waals surface area (Å²) in [5, 5.41) is 29.4. The minimum Gasteiger partial charge on any atom is -0.393 e. The van der Waals surface area contributed by atoms with Crippen LogP contribution < -0.4 is 16.4 Å². The van der Waals surface area contributed by atoms with Crippen LogP contribution in [0.1, 0.15) is 118 Å². The maximum atomic E-state index is 11.8. The van der Waals surface area contributed by atoms with Gasteiger partial charge in [0.1, 0.15) is 5.60 Å². The van der Waals surface area contributed by atoms with Gasteiger partial charge in [0.05, 0.1) is 12.7 Å². The number of fused-ring (bicyclic) bond motifs is 5. The largest absolute Gasteiger partial charge is 0.397 e. The van der Waals surface area contributed by atoms with Crippen LogP contribution in [0.15, 0.2) is 0 Å². The van der Waals surface area contributed by atoms with E-state index in [1.807, 2.05) is 13.8 Å². The van der Waals surface area contributed by atoms with Crippen molar-refractivity contribution in [1.29, 1.82) is 0 Å². The van der Waals surface area contributed by atoms with E-state index in [2.05, 4.69) is 31.4 Å². The highest BCUT2D eigenvalue weighted by Crippen LogP contribution is 2.68. The fourth-order valence-corrected chi connectivity index (χ4v) is 11.8. The molecule has 4 rings (SSSR count). The Hall–Kier alpha value is -0.330. The Labute approximate surface area is 274 Å². The van der Waals surface area contributed by atoms with E-state index in [0.717, 1.165) is 71.1 Å². The minimum absolute atomic E-state index is 0.144. The van der Waals surface area contributed by atoms with Gasteiger partial charge in [0.2, 0.25) is 0 Å². The van der Waals surface area contributed by atoms with Crippen molar-refractivity contribution in [2.75, 3.05) is 32.8 Å². The second-order valence-corrected chi connectivity index (χ2v) is 17.5. The molecule has 4 aliphatic carbocycles. The van der Waals surface area contributed by atoms with Gasteiger partial charge in [0, 0.05) is 6.04 Å². The lowest BCUT2D eigenvalue weighted by atomic mass is 9.43. The van der Waals surface area contributed by atoms with Crippen molar-refractivity contribution in [1.82, 2.24) is 10.6 Å². The van der Waals surface area contributed by atoms with Gasteiger partial charge in [-0.15, -0.1) is 0 Å². The van der Waals surface area contributed by atoms with Gasteiger partial charge >= 0.3 is 10.4 Å². The molecule has 0 radical (unpaired) electrons. The predicted octanol–water partition coefficient (Wildman–Crippen LogP) is 4.92. The third-order valence-electron chi connectivity index (χ3n) is 13.8. The molecule has 4 saturated carbocycles. The first-order chi connectivity index (χ1) is 21.2. The molecule has 0 heterocycles. The number of aliphatic hydroxyl groups is 2. The maximum absolute atomic E-state index is 11.8. The molecule has 45 heavy (non-hydrogen) atoms. The zero-order valence-corrected chi connectivity index (χ0v) is 29.8. The molecule has 0 aromatic heterocycles. The average Bonchev–Trinajstić information content (AvgIpc) is 3.33. The van der Waals surface area contributed by atoms with Gasteiger partial charge in [-0.1, -0.05) is 34.6 Å². The molecule has 4 aliphatic rings. The van der Waals surface area contributed by atoms with Gasteiger partial charge < -0.3 is 26.6 Å². The molecular formula is C35H67N3O6S. The van der Waals surface area contributed by atoms with E-state index in [4.69, 9.17) is 9.92 Å². The summed E-state index contributed by atoms with van der Waals surface area (Å²) in [7, 11) is -4.68. The molecule has 10 heteroatoms. The Balaban J connectivity index is 1.35. The fourth-order valence-electron chi connectivity index (χ4n) is 11.0. The lowest BCUT2D eigenvalue weighted by Crippen LogP contribution is -2.59. The van der Waals surface area contributed by atoms with Crippen LogP contribution in [0, 0.1) is 52.3 Å². The SMILES string of the molecule is CC(CCC(CO)(OS(=O)(=O)O)C(C)C)[C@H]1CCC2C3C(CC[C@@]21C)[C@@]1(C)CC[C@H](NCCCNCCCCN)C[C@@H]1C[C@H]3O. The topological polar surface area (TPSA) is 154 Å². The number of aliphatic hydroxyl groups excluding tert-OH is 2. The lowest BCUT2D eigenvalue weighted by molar-refractivity contribution is -0.167. The first-order valence-corrected chi connectivity index (χ1v) is 19.7. The van der Waals surface area contributed by atoms with E-state index in [1.54, 1.807) is 0 Å². The molecule has 0 saturated heterocycles. The Kier molecular flexibility index (Phi) is 12.9. The maximum Gasteiger partial charge on any atom is 0.397 e. The van der Waals surface area contributed by atoms with Gasteiger partial charge in [0.15, 0.2) is 0 Å². The second-order valence-electron chi connectivity index (χ2n) is 16.5. The van der Waals surface area contributed by atoms with E-state index in [1.165, 1.54) is 32.1 Å². The van der Waals surface area contributed by atoms with Crippen LogP contribution in [0.4, 0.5) is 0 Å². The van der Waals surface area contributed by atoms with E-state index >= 15 is 0 Å².